The second kappa shape index (κ2) is 8.06. The third-order valence-electron chi connectivity index (χ3n) is 3.94. The highest BCUT2D eigenvalue weighted by molar-refractivity contribution is 7.19. The predicted molar refractivity (Wildman–Crippen MR) is 107 cm³/mol. The van der Waals surface area contributed by atoms with Gasteiger partial charge in [0.25, 0.3) is 0 Å². The van der Waals surface area contributed by atoms with Gasteiger partial charge in [-0.15, -0.1) is 11.3 Å². The number of ether oxygens (including phenoxy) is 1. The molecule has 1 aliphatic rings. The topological polar surface area (TPSA) is 98.5 Å². The summed E-state index contributed by atoms with van der Waals surface area (Å²) in [6.07, 6.45) is 0.878. The van der Waals surface area contributed by atoms with Gasteiger partial charge in [0, 0.05) is 34.3 Å². The maximum Gasteiger partial charge on any atom is 0.143 e. The van der Waals surface area contributed by atoms with Crippen LogP contribution in [0.4, 0.5) is 5.00 Å². The molecule has 0 spiro atoms. The standard InChI is InChI=1S/C17H15Cl2N5OS/c18-10-1-2-11(13(19)7-10)14-12(8-20)17(24-3-5-25-6-4-24)26-15(14)16(22)23-9-21/h1-2,7,9H,3-6H2,(H3,21,22,23). The van der Waals surface area contributed by atoms with Gasteiger partial charge in [0.05, 0.1) is 23.7 Å². The van der Waals surface area contributed by atoms with Gasteiger partial charge >= 0.3 is 0 Å². The number of aliphatic imine (C=N–C) groups is 1. The molecular weight excluding hydrogens is 393 g/mol. The van der Waals surface area contributed by atoms with Crippen molar-refractivity contribution in [2.24, 2.45) is 10.7 Å². The Hall–Kier alpha value is -2.11. The zero-order valence-electron chi connectivity index (χ0n) is 13.6. The molecule has 2 heterocycles. The maximum absolute atomic E-state index is 9.87. The smallest absolute Gasteiger partial charge is 0.143 e. The van der Waals surface area contributed by atoms with E-state index in [1.165, 1.54) is 11.3 Å². The average Bonchev–Trinajstić information content (AvgIpc) is 3.02. The Morgan fingerprint density at radius 1 is 1.38 bits per heavy atom. The van der Waals surface area contributed by atoms with Crippen LogP contribution in [0.25, 0.3) is 11.1 Å². The number of anilines is 1. The number of rotatable bonds is 4. The van der Waals surface area contributed by atoms with E-state index in [0.717, 1.165) is 11.3 Å². The highest BCUT2D eigenvalue weighted by Gasteiger charge is 2.27. The molecule has 1 saturated heterocycles. The molecule has 3 N–H and O–H groups in total. The lowest BCUT2D eigenvalue weighted by Crippen LogP contribution is -2.36. The van der Waals surface area contributed by atoms with Crippen molar-refractivity contribution in [3.05, 3.63) is 38.7 Å². The van der Waals surface area contributed by atoms with E-state index in [-0.39, 0.29) is 5.84 Å². The molecule has 0 amide bonds. The molecule has 1 aromatic carbocycles. The summed E-state index contributed by atoms with van der Waals surface area (Å²) in [4.78, 5) is 6.59. The summed E-state index contributed by atoms with van der Waals surface area (Å²) in [7, 11) is 0. The molecule has 0 atom stereocenters. The number of hydrogen-bond donors (Lipinski definition) is 2. The number of morpholine rings is 1. The number of amidine groups is 1. The van der Waals surface area contributed by atoms with Gasteiger partial charge in [0.15, 0.2) is 0 Å². The largest absolute Gasteiger partial charge is 0.382 e. The SMILES string of the molecule is N#Cc1c(N2CCOCC2)sc(C(N)=NC=N)c1-c1ccc(Cl)cc1Cl. The van der Waals surface area contributed by atoms with E-state index >= 15 is 0 Å². The van der Waals surface area contributed by atoms with Crippen molar-refractivity contribution < 1.29 is 4.74 Å². The molecule has 9 heteroatoms. The quantitative estimate of drug-likeness (QED) is 0.595. The van der Waals surface area contributed by atoms with Crippen molar-refractivity contribution in [1.29, 1.82) is 10.7 Å². The van der Waals surface area contributed by atoms with Crippen molar-refractivity contribution in [1.82, 2.24) is 0 Å². The summed E-state index contributed by atoms with van der Waals surface area (Å²) >= 11 is 13.8. The summed E-state index contributed by atoms with van der Waals surface area (Å²) in [5, 5.41) is 18.8. The van der Waals surface area contributed by atoms with E-state index < -0.39 is 0 Å². The fraction of sp³-hybridized carbons (Fsp3) is 0.235. The van der Waals surface area contributed by atoms with Crippen LogP contribution in [-0.2, 0) is 4.74 Å². The number of hydrogen-bond acceptors (Lipinski definition) is 5. The molecule has 1 aliphatic heterocycles. The van der Waals surface area contributed by atoms with Gasteiger partial charge in [-0.3, -0.25) is 5.41 Å². The van der Waals surface area contributed by atoms with Crippen LogP contribution in [0.5, 0.6) is 0 Å². The Balaban J connectivity index is 2.26. The van der Waals surface area contributed by atoms with Crippen LogP contribution in [0.2, 0.25) is 10.0 Å². The number of halogens is 2. The first-order chi connectivity index (χ1) is 12.6. The van der Waals surface area contributed by atoms with Crippen molar-refractivity contribution in [3.8, 4) is 17.2 Å². The number of nitrogens with one attached hydrogen (secondary N) is 1. The predicted octanol–water partition coefficient (Wildman–Crippen LogP) is 3.74. The molecule has 1 aromatic heterocycles. The van der Waals surface area contributed by atoms with Gasteiger partial charge in [-0.05, 0) is 12.1 Å². The Bertz CT molecular complexity index is 913. The Labute approximate surface area is 164 Å². The summed E-state index contributed by atoms with van der Waals surface area (Å²) < 4.78 is 5.40. The van der Waals surface area contributed by atoms with Crippen LogP contribution >= 0.6 is 34.5 Å². The van der Waals surface area contributed by atoms with E-state index in [9.17, 15) is 5.26 Å². The van der Waals surface area contributed by atoms with E-state index in [2.05, 4.69) is 16.0 Å². The number of thiophene rings is 1. The Morgan fingerprint density at radius 3 is 2.73 bits per heavy atom. The lowest BCUT2D eigenvalue weighted by molar-refractivity contribution is 0.123. The van der Waals surface area contributed by atoms with Gasteiger partial charge in [-0.2, -0.15) is 5.26 Å². The van der Waals surface area contributed by atoms with Gasteiger partial charge in [0.1, 0.15) is 23.2 Å². The van der Waals surface area contributed by atoms with E-state index in [4.69, 9.17) is 39.1 Å². The molecule has 6 nitrogen and oxygen atoms in total. The molecule has 0 radical (unpaired) electrons. The average molecular weight is 408 g/mol. The van der Waals surface area contributed by atoms with Gasteiger partial charge in [0.2, 0.25) is 0 Å². The zero-order valence-corrected chi connectivity index (χ0v) is 16.0. The fourth-order valence-electron chi connectivity index (χ4n) is 2.77. The second-order valence-electron chi connectivity index (χ2n) is 5.47. The number of benzene rings is 1. The highest BCUT2D eigenvalue weighted by atomic mass is 35.5. The number of nitrogens with two attached hydrogens (primary N) is 1. The van der Waals surface area contributed by atoms with E-state index in [1.807, 2.05) is 0 Å². The minimum absolute atomic E-state index is 0.169. The fourth-order valence-corrected chi connectivity index (χ4v) is 4.50. The van der Waals surface area contributed by atoms with Crippen LogP contribution in [-0.4, -0.2) is 38.5 Å². The summed E-state index contributed by atoms with van der Waals surface area (Å²) in [5.74, 6) is 0.169. The van der Waals surface area contributed by atoms with E-state index in [1.54, 1.807) is 18.2 Å². The first kappa shape index (κ1) is 18.7. The zero-order chi connectivity index (χ0) is 18.7. The minimum Gasteiger partial charge on any atom is -0.382 e. The molecular formula is C17H15Cl2N5OS. The first-order valence-electron chi connectivity index (χ1n) is 7.74. The minimum atomic E-state index is 0.169. The molecule has 3 rings (SSSR count). The van der Waals surface area contributed by atoms with Crippen molar-refractivity contribution in [2.45, 2.75) is 0 Å². The molecule has 26 heavy (non-hydrogen) atoms. The summed E-state index contributed by atoms with van der Waals surface area (Å²) in [6.45, 7) is 2.56. The molecule has 0 aliphatic carbocycles. The van der Waals surface area contributed by atoms with Crippen LogP contribution in [0.1, 0.15) is 10.4 Å². The third kappa shape index (κ3) is 3.55. The Kier molecular flexibility index (Phi) is 5.79. The molecule has 2 aromatic rings. The monoisotopic (exact) mass is 407 g/mol. The van der Waals surface area contributed by atoms with Crippen molar-refractivity contribution >= 4 is 51.7 Å². The van der Waals surface area contributed by atoms with Gasteiger partial charge < -0.3 is 15.4 Å². The van der Waals surface area contributed by atoms with Crippen molar-refractivity contribution in [2.75, 3.05) is 31.2 Å². The van der Waals surface area contributed by atoms with Gasteiger partial charge in [-0.25, -0.2) is 4.99 Å². The van der Waals surface area contributed by atoms with Crippen molar-refractivity contribution in [3.63, 3.8) is 0 Å². The van der Waals surface area contributed by atoms with E-state index in [0.29, 0.717) is 57.9 Å². The summed E-state index contributed by atoms with van der Waals surface area (Å²) in [5.41, 5.74) is 7.83. The second-order valence-corrected chi connectivity index (χ2v) is 7.31. The van der Waals surface area contributed by atoms with Crippen LogP contribution in [0.15, 0.2) is 23.2 Å². The van der Waals surface area contributed by atoms with Crippen LogP contribution in [0.3, 0.4) is 0 Å². The van der Waals surface area contributed by atoms with Crippen LogP contribution in [0, 0.1) is 16.7 Å². The molecule has 0 unspecified atom stereocenters. The molecule has 134 valence electrons. The summed E-state index contributed by atoms with van der Waals surface area (Å²) in [6, 6.07) is 7.39. The molecule has 1 fully saturated rings. The molecule has 0 saturated carbocycles. The van der Waals surface area contributed by atoms with Crippen LogP contribution < -0.4 is 10.6 Å². The number of nitriles is 1. The normalized spacial score (nSPS) is 15.0. The number of nitrogens with zero attached hydrogens (tertiary/aromatic N) is 3. The lowest BCUT2D eigenvalue weighted by atomic mass is 10.0. The highest BCUT2D eigenvalue weighted by Crippen LogP contribution is 2.44. The maximum atomic E-state index is 9.87. The lowest BCUT2D eigenvalue weighted by Gasteiger charge is -2.27. The molecule has 0 bridgehead atoms. The third-order valence-corrected chi connectivity index (χ3v) is 5.76. The Morgan fingerprint density at radius 2 is 2.12 bits per heavy atom. The van der Waals surface area contributed by atoms with Gasteiger partial charge in [-0.1, -0.05) is 29.3 Å². The first-order valence-corrected chi connectivity index (χ1v) is 9.31.